The van der Waals surface area contributed by atoms with Gasteiger partial charge < -0.3 is 10.6 Å². The maximum absolute atomic E-state index is 11.8. The van der Waals surface area contributed by atoms with Gasteiger partial charge in [-0.15, -0.1) is 0 Å². The van der Waals surface area contributed by atoms with E-state index >= 15 is 0 Å². The molecule has 0 aliphatic carbocycles. The second kappa shape index (κ2) is 6.15. The molecule has 6 heteroatoms. The van der Waals surface area contributed by atoms with Gasteiger partial charge in [-0.1, -0.05) is 30.3 Å². The highest BCUT2D eigenvalue weighted by Gasteiger charge is 2.18. The van der Waals surface area contributed by atoms with E-state index in [1.807, 2.05) is 42.2 Å². The number of primary sulfonamides is 1. The Kier molecular flexibility index (Phi) is 4.50. The standard InChI is InChI=1S/C15H19N3O2S/c1-2-18(11-12-6-4-3-5-7-12)14-9-8-13(16)10-15(14)21(17,19)20/h3-10H,2,11,16H2,1H3,(H2,17,19,20). The highest BCUT2D eigenvalue weighted by molar-refractivity contribution is 7.89. The molecule has 5 nitrogen and oxygen atoms in total. The first-order valence-electron chi connectivity index (χ1n) is 6.63. The van der Waals surface area contributed by atoms with Gasteiger partial charge in [-0.3, -0.25) is 0 Å². The Morgan fingerprint density at radius 3 is 2.33 bits per heavy atom. The average molecular weight is 305 g/mol. The summed E-state index contributed by atoms with van der Waals surface area (Å²) >= 11 is 0. The van der Waals surface area contributed by atoms with Crippen LogP contribution in [-0.2, 0) is 16.6 Å². The molecule has 112 valence electrons. The maximum Gasteiger partial charge on any atom is 0.240 e. The van der Waals surface area contributed by atoms with Gasteiger partial charge in [0.1, 0.15) is 4.90 Å². The monoisotopic (exact) mass is 305 g/mol. The smallest absolute Gasteiger partial charge is 0.240 e. The molecular weight excluding hydrogens is 286 g/mol. The van der Waals surface area contributed by atoms with Gasteiger partial charge in [0.05, 0.1) is 5.69 Å². The van der Waals surface area contributed by atoms with Crippen molar-refractivity contribution in [1.82, 2.24) is 0 Å². The number of nitrogen functional groups attached to an aromatic ring is 1. The van der Waals surface area contributed by atoms with Crippen LogP contribution in [0.1, 0.15) is 12.5 Å². The summed E-state index contributed by atoms with van der Waals surface area (Å²) < 4.78 is 23.5. The predicted octanol–water partition coefficient (Wildman–Crippen LogP) is 1.94. The fourth-order valence-electron chi connectivity index (χ4n) is 2.19. The minimum atomic E-state index is -3.83. The highest BCUT2D eigenvalue weighted by Crippen LogP contribution is 2.27. The van der Waals surface area contributed by atoms with Gasteiger partial charge in [-0.2, -0.15) is 0 Å². The van der Waals surface area contributed by atoms with E-state index in [0.29, 0.717) is 24.5 Å². The summed E-state index contributed by atoms with van der Waals surface area (Å²) in [4.78, 5) is 2.01. The minimum absolute atomic E-state index is 0.0558. The average Bonchev–Trinajstić information content (AvgIpc) is 2.45. The van der Waals surface area contributed by atoms with E-state index in [4.69, 9.17) is 10.9 Å². The van der Waals surface area contributed by atoms with Gasteiger partial charge in [0.25, 0.3) is 0 Å². The van der Waals surface area contributed by atoms with Crippen molar-refractivity contribution in [3.63, 3.8) is 0 Å². The van der Waals surface area contributed by atoms with E-state index in [9.17, 15) is 8.42 Å². The lowest BCUT2D eigenvalue weighted by molar-refractivity contribution is 0.597. The lowest BCUT2D eigenvalue weighted by atomic mass is 10.2. The number of nitrogens with two attached hydrogens (primary N) is 2. The van der Waals surface area contributed by atoms with Crippen LogP contribution in [0.25, 0.3) is 0 Å². The maximum atomic E-state index is 11.8. The molecule has 4 N–H and O–H groups in total. The number of rotatable bonds is 5. The predicted molar refractivity (Wildman–Crippen MR) is 85.4 cm³/mol. The first-order valence-corrected chi connectivity index (χ1v) is 8.17. The van der Waals surface area contributed by atoms with Crippen LogP contribution in [0.3, 0.4) is 0 Å². The number of hydrogen-bond donors (Lipinski definition) is 2. The van der Waals surface area contributed by atoms with Crippen LogP contribution in [-0.4, -0.2) is 15.0 Å². The van der Waals surface area contributed by atoms with Crippen molar-refractivity contribution in [2.24, 2.45) is 5.14 Å². The topological polar surface area (TPSA) is 89.4 Å². The van der Waals surface area contributed by atoms with Crippen LogP contribution in [0.5, 0.6) is 0 Å². The van der Waals surface area contributed by atoms with Crippen molar-refractivity contribution in [2.75, 3.05) is 17.2 Å². The first-order chi connectivity index (χ1) is 9.91. The third-order valence-corrected chi connectivity index (χ3v) is 4.17. The Morgan fingerprint density at radius 1 is 1.10 bits per heavy atom. The number of hydrogen-bond acceptors (Lipinski definition) is 4. The first kappa shape index (κ1) is 15.3. The molecule has 0 spiro atoms. The molecule has 21 heavy (non-hydrogen) atoms. The molecular formula is C15H19N3O2S. The molecule has 2 aromatic carbocycles. The van der Waals surface area contributed by atoms with Crippen LogP contribution in [0.15, 0.2) is 53.4 Å². The fourth-order valence-corrected chi connectivity index (χ4v) is 2.98. The molecule has 0 heterocycles. The minimum Gasteiger partial charge on any atom is -0.399 e. The van der Waals surface area contributed by atoms with Crippen LogP contribution in [0.4, 0.5) is 11.4 Å². The van der Waals surface area contributed by atoms with Gasteiger partial charge in [0, 0.05) is 18.8 Å². The van der Waals surface area contributed by atoms with E-state index < -0.39 is 10.0 Å². The Bertz CT molecular complexity index is 715. The third kappa shape index (κ3) is 3.74. The molecule has 0 aliphatic rings. The van der Waals surface area contributed by atoms with Crippen molar-refractivity contribution < 1.29 is 8.42 Å². The normalized spacial score (nSPS) is 11.3. The molecule has 0 saturated heterocycles. The summed E-state index contributed by atoms with van der Waals surface area (Å²) in [7, 11) is -3.83. The van der Waals surface area contributed by atoms with E-state index in [2.05, 4.69) is 0 Å². The van der Waals surface area contributed by atoms with E-state index in [-0.39, 0.29) is 4.90 Å². The zero-order valence-corrected chi connectivity index (χ0v) is 12.7. The molecule has 0 radical (unpaired) electrons. The molecule has 0 amide bonds. The van der Waals surface area contributed by atoms with E-state index in [0.717, 1.165) is 5.56 Å². The summed E-state index contributed by atoms with van der Waals surface area (Å²) in [5.74, 6) is 0. The molecule has 0 bridgehead atoms. The van der Waals surface area contributed by atoms with Crippen LogP contribution in [0, 0.1) is 0 Å². The van der Waals surface area contributed by atoms with Gasteiger partial charge in [0.2, 0.25) is 10.0 Å². The number of nitrogens with zero attached hydrogens (tertiary/aromatic N) is 1. The SMILES string of the molecule is CCN(Cc1ccccc1)c1ccc(N)cc1S(N)(=O)=O. The lowest BCUT2D eigenvalue weighted by Crippen LogP contribution is -2.25. The van der Waals surface area contributed by atoms with Crippen LogP contribution < -0.4 is 15.8 Å². The molecule has 0 aliphatic heterocycles. The summed E-state index contributed by atoms with van der Waals surface area (Å²) in [6, 6.07) is 14.6. The van der Waals surface area contributed by atoms with Gasteiger partial charge in [-0.25, -0.2) is 13.6 Å². The van der Waals surface area contributed by atoms with Gasteiger partial charge in [-0.05, 0) is 30.7 Å². The largest absolute Gasteiger partial charge is 0.399 e. The molecule has 0 aromatic heterocycles. The van der Waals surface area contributed by atoms with E-state index in [1.165, 1.54) is 6.07 Å². The Morgan fingerprint density at radius 2 is 1.76 bits per heavy atom. The van der Waals surface area contributed by atoms with Crippen molar-refractivity contribution in [3.05, 3.63) is 54.1 Å². The molecule has 0 fully saturated rings. The van der Waals surface area contributed by atoms with Crippen molar-refractivity contribution in [3.8, 4) is 0 Å². The number of sulfonamides is 1. The van der Waals surface area contributed by atoms with Gasteiger partial charge >= 0.3 is 0 Å². The molecule has 2 rings (SSSR count). The van der Waals surface area contributed by atoms with E-state index in [1.54, 1.807) is 12.1 Å². The summed E-state index contributed by atoms with van der Waals surface area (Å²) in [5.41, 5.74) is 7.72. The zero-order valence-electron chi connectivity index (χ0n) is 11.9. The summed E-state index contributed by atoms with van der Waals surface area (Å²) in [6.07, 6.45) is 0. The van der Waals surface area contributed by atoms with Crippen LogP contribution >= 0.6 is 0 Å². The fraction of sp³-hybridized carbons (Fsp3) is 0.200. The lowest BCUT2D eigenvalue weighted by Gasteiger charge is -2.25. The quantitative estimate of drug-likeness (QED) is 0.826. The highest BCUT2D eigenvalue weighted by atomic mass is 32.2. The number of benzene rings is 2. The molecule has 2 aromatic rings. The van der Waals surface area contributed by atoms with Crippen LogP contribution in [0.2, 0.25) is 0 Å². The Balaban J connectivity index is 2.43. The molecule has 0 atom stereocenters. The Labute approximate surface area is 125 Å². The second-order valence-corrected chi connectivity index (χ2v) is 6.30. The zero-order chi connectivity index (χ0) is 15.5. The second-order valence-electron chi connectivity index (χ2n) is 4.77. The summed E-state index contributed by atoms with van der Waals surface area (Å²) in [6.45, 7) is 3.22. The summed E-state index contributed by atoms with van der Waals surface area (Å²) in [5, 5.41) is 5.30. The third-order valence-electron chi connectivity index (χ3n) is 3.23. The molecule has 0 unspecified atom stereocenters. The van der Waals surface area contributed by atoms with Crippen molar-refractivity contribution in [2.45, 2.75) is 18.4 Å². The van der Waals surface area contributed by atoms with Gasteiger partial charge in [0.15, 0.2) is 0 Å². The Hall–Kier alpha value is -2.05. The molecule has 0 saturated carbocycles. The number of anilines is 2. The van der Waals surface area contributed by atoms with Crippen molar-refractivity contribution in [1.29, 1.82) is 0 Å². The van der Waals surface area contributed by atoms with Crippen molar-refractivity contribution >= 4 is 21.4 Å².